The van der Waals surface area contributed by atoms with Crippen molar-refractivity contribution in [2.45, 2.75) is 182 Å². The van der Waals surface area contributed by atoms with Gasteiger partial charge in [-0.2, -0.15) is 0 Å². The summed E-state index contributed by atoms with van der Waals surface area (Å²) in [5, 5.41) is 63.4. The van der Waals surface area contributed by atoms with E-state index in [0.717, 1.165) is 17.7 Å². The van der Waals surface area contributed by atoms with Crippen LogP contribution in [0.1, 0.15) is 150 Å². The van der Waals surface area contributed by atoms with E-state index in [2.05, 4.69) is 36.4 Å². The first-order chi connectivity index (χ1) is 50.1. The van der Waals surface area contributed by atoms with E-state index in [-0.39, 0.29) is 136 Å². The fraction of sp³-hybridized carbons (Fsp3) is 0.500. The number of benzene rings is 4. The summed E-state index contributed by atoms with van der Waals surface area (Å²) in [4.78, 5) is 144. The number of primary amides is 1. The first-order valence-electron chi connectivity index (χ1n) is 36.2. The molecule has 5 bridgehead atoms. The normalized spacial score (nSPS) is 23.9. The van der Waals surface area contributed by atoms with Crippen LogP contribution in [0, 0.1) is 36.5 Å². The van der Waals surface area contributed by atoms with E-state index in [1.807, 2.05) is 27.9 Å². The quantitative estimate of drug-likeness (QED) is 0.0112. The number of amides is 8. The Bertz CT molecular complexity index is 4500. The van der Waals surface area contributed by atoms with Crippen LogP contribution in [-0.4, -0.2) is 159 Å². The van der Waals surface area contributed by atoms with E-state index in [4.69, 9.17) is 29.3 Å². The maximum atomic E-state index is 15.2. The number of esters is 1. The predicted molar refractivity (Wildman–Crippen MR) is 400 cm³/mol. The number of hydrogen-bond acceptors (Lipinski definition) is 21. The molecule has 28 heteroatoms. The SMILES string of the molecule is CC(=O)O[C@@H]1[C@H](C)C/C=C/O[C@@]2(C)Oc3c(C)c(O)c4c(=O)c(c5oc6cc(N7CCC(N(C)C)CC7)cc(=O)c6nc5c4c3=C2O)NC(=O)/C(C)=C\C=C\[C@H](C)C[C@@H](C)C(O)(C(O)c2ccc(NC(=O)[C@H](CCCNC(N)=O)NC(=O)[C@@H](NC(=O)CCCCCN3C(=O)C=CC3=O)C(C)C)cc2)C[C@H]1C. The summed E-state index contributed by atoms with van der Waals surface area (Å²) in [5.41, 5.74) is 2.17. The van der Waals surface area contributed by atoms with Crippen LogP contribution in [0.15, 0.2) is 98.7 Å². The van der Waals surface area contributed by atoms with E-state index in [9.17, 15) is 63.6 Å². The molecule has 0 aliphatic carbocycles. The highest BCUT2D eigenvalue weighted by Crippen LogP contribution is 2.45. The molecule has 10 rings (SSSR count). The zero-order valence-corrected chi connectivity index (χ0v) is 62.3. The summed E-state index contributed by atoms with van der Waals surface area (Å²) in [6.45, 7) is 18.0. The third kappa shape index (κ3) is 18.0. The second-order valence-electron chi connectivity index (χ2n) is 29.4. The molecule has 0 spiro atoms. The van der Waals surface area contributed by atoms with Gasteiger partial charge in [0.25, 0.3) is 17.7 Å². The molecular formula is C78H100N10O18. The van der Waals surface area contributed by atoms with E-state index < -0.39 is 123 Å². The van der Waals surface area contributed by atoms with E-state index in [0.29, 0.717) is 44.1 Å². The Balaban J connectivity index is 0.997. The fourth-order valence-electron chi connectivity index (χ4n) is 14.6. The number of aliphatic hydroxyl groups is 3. The molecule has 11 N–H and O–H groups in total. The molecular weight excluding hydrogens is 1360 g/mol. The van der Waals surface area contributed by atoms with Crippen LogP contribution in [0.2, 0.25) is 0 Å². The van der Waals surface area contributed by atoms with Crippen molar-refractivity contribution in [3.63, 3.8) is 0 Å². The van der Waals surface area contributed by atoms with Gasteiger partial charge in [-0.05, 0) is 139 Å². The highest BCUT2D eigenvalue weighted by molar-refractivity contribution is 6.17. The lowest BCUT2D eigenvalue weighted by atomic mass is 9.70. The maximum Gasteiger partial charge on any atom is 0.312 e. The van der Waals surface area contributed by atoms with Crippen molar-refractivity contribution in [3.8, 4) is 11.5 Å². The van der Waals surface area contributed by atoms with Gasteiger partial charge in [-0.1, -0.05) is 78.3 Å². The number of nitrogens with zero attached hydrogens (tertiary/aromatic N) is 4. The lowest BCUT2D eigenvalue weighted by Gasteiger charge is -2.43. The molecule has 5 aromatic rings. The number of rotatable bonds is 21. The first-order valence-corrected chi connectivity index (χ1v) is 36.2. The number of aromatic hydroxyl groups is 1. The zero-order chi connectivity index (χ0) is 77.4. The molecule has 5 aliphatic rings. The molecule has 2 unspecified atom stereocenters. The number of aromatic nitrogens is 1. The summed E-state index contributed by atoms with van der Waals surface area (Å²) in [5.74, 6) is -9.69. The number of allylic oxidation sites excluding steroid dienone is 4. The Hall–Kier alpha value is -10.2. The van der Waals surface area contributed by atoms with Crippen LogP contribution < -0.4 is 58.0 Å². The molecule has 1 fully saturated rings. The van der Waals surface area contributed by atoms with Crippen LogP contribution >= 0.6 is 0 Å². The van der Waals surface area contributed by atoms with Crippen molar-refractivity contribution in [1.82, 2.24) is 30.7 Å². The average molecular weight is 1470 g/mol. The number of nitrogens with two attached hydrogens (primary N) is 1. The Morgan fingerprint density at radius 2 is 1.58 bits per heavy atom. The summed E-state index contributed by atoms with van der Waals surface area (Å²) in [6.07, 6.45) is 11.5. The number of imide groups is 1. The van der Waals surface area contributed by atoms with Gasteiger partial charge in [0.15, 0.2) is 22.4 Å². The smallest absolute Gasteiger partial charge is 0.312 e. The summed E-state index contributed by atoms with van der Waals surface area (Å²) < 4.78 is 25.2. The van der Waals surface area contributed by atoms with E-state index in [1.165, 1.54) is 82.5 Å². The number of carbonyl (C=O) groups is 8. The van der Waals surface area contributed by atoms with Gasteiger partial charge in [-0.15, -0.1) is 0 Å². The maximum absolute atomic E-state index is 15.2. The van der Waals surface area contributed by atoms with Crippen molar-refractivity contribution in [3.05, 3.63) is 121 Å². The van der Waals surface area contributed by atoms with Crippen molar-refractivity contribution in [2.24, 2.45) is 35.3 Å². The number of nitrogens with one attached hydrogen (secondary N) is 5. The summed E-state index contributed by atoms with van der Waals surface area (Å²) in [7, 11) is 4.05. The zero-order valence-electron chi connectivity index (χ0n) is 62.3. The van der Waals surface area contributed by atoms with Gasteiger partial charge < -0.3 is 81.2 Å². The standard InChI is InChI=1S/C78H100N10O18/c1-41(2)62(83-56(91)23-14-13-15-33-88-57(92)28-29-58(88)93)75(100)82-53(22-17-32-80-76(79)101)74(99)81-50-26-24-49(25-27-50)71(96)78(102)40-45(6)68(104-48(9)89)43(4)21-18-36-103-77(10)72(97)61-59-60(66(94)47(8)69(61)106-77)67(95)65(85-73(98)44(5)20-16-19-42(3)37-46(78)7)70-64(59)84-63-54(90)38-52(39-55(63)105-70)87-34-30-51(31-35-87)86(11)12/h16,18-20,24-29,36,38-39,41-43,45-46,51,53,62,68,71,94,96-97,102H,13-15,17,21-23,30-35,37,40H2,1-12H3,(H,81,99)(H,82,100)(H,83,91)(H,85,98)(H3,79,80,101)/b19-16+,36-18+,44-20-/t42-,43+,45+,46+,53-,62-,68+,71?,77-,78?/m0/s1. The van der Waals surface area contributed by atoms with Crippen LogP contribution in [0.3, 0.4) is 0 Å². The van der Waals surface area contributed by atoms with E-state index in [1.54, 1.807) is 52.0 Å². The molecule has 8 amide bonds. The van der Waals surface area contributed by atoms with Crippen molar-refractivity contribution < 1.29 is 77.4 Å². The minimum absolute atomic E-state index is 0.00712. The van der Waals surface area contributed by atoms with Gasteiger partial charge >= 0.3 is 17.8 Å². The second kappa shape index (κ2) is 33.9. The fourth-order valence-corrected chi connectivity index (χ4v) is 14.6. The van der Waals surface area contributed by atoms with Crippen LogP contribution in [0.25, 0.3) is 38.7 Å². The number of fused-ring (bicyclic) bond motifs is 15. The van der Waals surface area contributed by atoms with E-state index >= 15 is 4.79 Å². The molecule has 6 heterocycles. The first kappa shape index (κ1) is 79.9. The predicted octanol–water partition coefficient (Wildman–Crippen LogP) is 7.49. The number of phenols is 1. The van der Waals surface area contributed by atoms with Crippen molar-refractivity contribution in [1.29, 1.82) is 0 Å². The van der Waals surface area contributed by atoms with Crippen LogP contribution in [-0.2, 0) is 43.0 Å². The Labute approximate surface area is 614 Å². The second-order valence-corrected chi connectivity index (χ2v) is 29.4. The lowest BCUT2D eigenvalue weighted by molar-refractivity contribution is -0.161. The average Bonchev–Trinajstić information content (AvgIpc) is 1.40. The van der Waals surface area contributed by atoms with Crippen molar-refractivity contribution in [2.75, 3.05) is 55.8 Å². The van der Waals surface area contributed by atoms with Crippen LogP contribution in [0.5, 0.6) is 11.5 Å². The Kier molecular flexibility index (Phi) is 25.6. The number of urea groups is 1. The topological polar surface area (TPSA) is 401 Å². The van der Waals surface area contributed by atoms with Gasteiger partial charge in [0.05, 0.1) is 22.5 Å². The van der Waals surface area contributed by atoms with Gasteiger partial charge in [0, 0.05) is 105 Å². The van der Waals surface area contributed by atoms with Crippen molar-refractivity contribution >= 4 is 103 Å². The largest absolute Gasteiger partial charge is 0.507 e. The molecule has 1 saturated heterocycles. The molecule has 4 aromatic carbocycles. The monoisotopic (exact) mass is 1460 g/mol. The molecule has 106 heavy (non-hydrogen) atoms. The summed E-state index contributed by atoms with van der Waals surface area (Å²) in [6, 6.07) is 6.53. The van der Waals surface area contributed by atoms with Crippen LogP contribution in [0.4, 0.5) is 21.9 Å². The van der Waals surface area contributed by atoms with Gasteiger partial charge in [-0.3, -0.25) is 48.1 Å². The molecule has 0 radical (unpaired) electrons. The van der Waals surface area contributed by atoms with Gasteiger partial charge in [-0.25, -0.2) is 9.78 Å². The number of aliphatic hydroxyl groups excluding tert-OH is 2. The highest BCUT2D eigenvalue weighted by atomic mass is 16.7. The number of ether oxygens (including phenoxy) is 3. The van der Waals surface area contributed by atoms with Gasteiger partial charge in [0.2, 0.25) is 28.6 Å². The molecule has 0 saturated carbocycles. The third-order valence-corrected chi connectivity index (χ3v) is 20.7. The Morgan fingerprint density at radius 3 is 2.23 bits per heavy atom. The van der Waals surface area contributed by atoms with Gasteiger partial charge in [0.1, 0.15) is 47.0 Å². The molecule has 5 aliphatic heterocycles. The molecule has 10 atom stereocenters. The molecule has 1 aromatic heterocycles. The minimum atomic E-state index is -2.02. The number of unbranched alkanes of at least 4 members (excludes halogenated alkanes) is 2. The molecule has 28 nitrogen and oxygen atoms in total. The number of hydrogen-bond donors (Lipinski definition) is 10. The number of anilines is 3. The molecule has 570 valence electrons. The number of carbonyl (C=O) groups excluding carboxylic acids is 8. The highest BCUT2D eigenvalue weighted by Gasteiger charge is 2.47. The lowest BCUT2D eigenvalue weighted by Crippen LogP contribution is -2.54. The number of phenolic OH excluding ortho intramolecular Hbond substituents is 1. The minimum Gasteiger partial charge on any atom is -0.507 e. The summed E-state index contributed by atoms with van der Waals surface area (Å²) >= 11 is 0. The third-order valence-electron chi connectivity index (χ3n) is 20.7. The number of piperidine rings is 1. The Morgan fingerprint density at radius 1 is 0.887 bits per heavy atom.